The van der Waals surface area contributed by atoms with E-state index in [0.29, 0.717) is 0 Å². The highest BCUT2D eigenvalue weighted by atomic mass is 16.4. The average molecular weight is 97.9 g/mol. The minimum absolute atomic E-state index is 0.116. The normalized spacial score (nSPS) is 12.9. The molecule has 0 aliphatic rings. The van der Waals surface area contributed by atoms with Gasteiger partial charge in [-0.25, -0.2) is 0 Å². The molecule has 0 aromatic heterocycles. The highest BCUT2D eigenvalue weighted by Crippen LogP contribution is 1.81. The summed E-state index contributed by atoms with van der Waals surface area (Å²) in [7, 11) is 3.22. The SMILES string of the molecule is C=NC(C)[B]OC. The number of rotatable bonds is 3. The second-order valence-electron chi connectivity index (χ2n) is 1.29. The maximum atomic E-state index is 4.64. The molecule has 2 nitrogen and oxygen atoms in total. The van der Waals surface area contributed by atoms with Gasteiger partial charge in [-0.2, -0.15) is 0 Å². The minimum atomic E-state index is 0.116. The third kappa shape index (κ3) is 3.53. The van der Waals surface area contributed by atoms with Gasteiger partial charge in [0.05, 0.1) is 0 Å². The average Bonchev–Trinajstić information content (AvgIpc) is 1.68. The van der Waals surface area contributed by atoms with Crippen LogP contribution < -0.4 is 0 Å². The van der Waals surface area contributed by atoms with Crippen LogP contribution in [0.4, 0.5) is 0 Å². The van der Waals surface area contributed by atoms with Crippen molar-refractivity contribution in [1.82, 2.24) is 0 Å². The fourth-order valence-electron chi connectivity index (χ4n) is 0.240. The lowest BCUT2D eigenvalue weighted by Gasteiger charge is -1.96. The summed E-state index contributed by atoms with van der Waals surface area (Å²) in [6.07, 6.45) is 0. The van der Waals surface area contributed by atoms with Gasteiger partial charge in [-0.05, 0) is 13.6 Å². The first kappa shape index (κ1) is 6.69. The number of nitrogens with zero attached hydrogens (tertiary/aromatic N) is 1. The molecule has 1 atom stereocenters. The maximum Gasteiger partial charge on any atom is 0.318 e. The fraction of sp³-hybridized carbons (Fsp3) is 0.750. The molecule has 0 aromatic carbocycles. The minimum Gasteiger partial charge on any atom is -0.441 e. The molecule has 0 fully saturated rings. The summed E-state index contributed by atoms with van der Waals surface area (Å²) in [5.74, 6) is 0.116. The maximum absolute atomic E-state index is 4.64. The van der Waals surface area contributed by atoms with E-state index in [1.807, 2.05) is 6.92 Å². The molecule has 0 rings (SSSR count). The van der Waals surface area contributed by atoms with Crippen molar-refractivity contribution in [3.05, 3.63) is 0 Å². The summed E-state index contributed by atoms with van der Waals surface area (Å²) in [4.78, 5) is 3.65. The number of aliphatic imine (C=N–C) groups is 1. The van der Waals surface area contributed by atoms with E-state index in [2.05, 4.69) is 16.4 Å². The third-order valence-corrected chi connectivity index (χ3v) is 0.621. The van der Waals surface area contributed by atoms with Gasteiger partial charge in [0.2, 0.25) is 0 Å². The Morgan fingerprint density at radius 3 is 2.57 bits per heavy atom. The molecule has 0 aliphatic carbocycles. The molecule has 39 valence electrons. The quantitative estimate of drug-likeness (QED) is 0.367. The molecule has 7 heavy (non-hydrogen) atoms. The van der Waals surface area contributed by atoms with Crippen LogP contribution in [0.3, 0.4) is 0 Å². The van der Waals surface area contributed by atoms with E-state index in [4.69, 9.17) is 0 Å². The van der Waals surface area contributed by atoms with Gasteiger partial charge in [0.25, 0.3) is 0 Å². The molecule has 0 saturated carbocycles. The zero-order valence-electron chi connectivity index (χ0n) is 4.72. The summed E-state index contributed by atoms with van der Waals surface area (Å²) in [6.45, 7) is 5.22. The van der Waals surface area contributed by atoms with E-state index in [0.717, 1.165) is 0 Å². The van der Waals surface area contributed by atoms with E-state index in [1.54, 1.807) is 14.6 Å². The molecule has 0 amide bonds. The molecule has 0 heterocycles. The Balaban J connectivity index is 2.98. The van der Waals surface area contributed by atoms with Gasteiger partial charge in [-0.3, -0.25) is 0 Å². The van der Waals surface area contributed by atoms with Gasteiger partial charge >= 0.3 is 7.48 Å². The largest absolute Gasteiger partial charge is 0.441 e. The smallest absolute Gasteiger partial charge is 0.318 e. The van der Waals surface area contributed by atoms with E-state index in [1.165, 1.54) is 0 Å². The third-order valence-electron chi connectivity index (χ3n) is 0.621. The van der Waals surface area contributed by atoms with Crippen LogP contribution in [0.2, 0.25) is 0 Å². The number of hydrogen-bond acceptors (Lipinski definition) is 2. The van der Waals surface area contributed by atoms with Crippen LogP contribution in [-0.4, -0.2) is 27.3 Å². The Labute approximate surface area is 44.9 Å². The van der Waals surface area contributed by atoms with Crippen molar-refractivity contribution >= 4 is 14.2 Å². The molecular formula is C4H9BNO. The summed E-state index contributed by atoms with van der Waals surface area (Å²) in [5, 5.41) is 0. The standard InChI is InChI=1S/C4H9BNO/c1-4(6-2)5-7-3/h4H,2H2,1,3H3. The van der Waals surface area contributed by atoms with Gasteiger partial charge in [-0.1, -0.05) is 0 Å². The summed E-state index contributed by atoms with van der Waals surface area (Å²) < 4.78 is 4.64. The van der Waals surface area contributed by atoms with Crippen LogP contribution in [-0.2, 0) is 4.65 Å². The molecule has 1 unspecified atom stereocenters. The molecule has 0 saturated heterocycles. The molecule has 0 spiro atoms. The fourth-order valence-corrected chi connectivity index (χ4v) is 0.240. The number of hydrogen-bond donors (Lipinski definition) is 0. The lowest BCUT2D eigenvalue weighted by Crippen LogP contribution is -2.10. The second-order valence-corrected chi connectivity index (χ2v) is 1.29. The first-order valence-corrected chi connectivity index (χ1v) is 2.13. The first-order valence-electron chi connectivity index (χ1n) is 2.13. The Kier molecular flexibility index (Phi) is 3.70. The van der Waals surface area contributed by atoms with Crippen LogP contribution in [0.15, 0.2) is 4.99 Å². The lowest BCUT2D eigenvalue weighted by molar-refractivity contribution is 0.434. The van der Waals surface area contributed by atoms with Crippen molar-refractivity contribution in [3.63, 3.8) is 0 Å². The van der Waals surface area contributed by atoms with Crippen molar-refractivity contribution < 1.29 is 4.65 Å². The topological polar surface area (TPSA) is 21.6 Å². The second kappa shape index (κ2) is 3.87. The molecule has 0 N–H and O–H groups in total. The van der Waals surface area contributed by atoms with Crippen molar-refractivity contribution in [2.24, 2.45) is 4.99 Å². The Morgan fingerprint density at radius 2 is 2.43 bits per heavy atom. The molecule has 3 heteroatoms. The predicted molar refractivity (Wildman–Crippen MR) is 31.8 cm³/mol. The first-order chi connectivity index (χ1) is 3.31. The van der Waals surface area contributed by atoms with Crippen molar-refractivity contribution in [1.29, 1.82) is 0 Å². The van der Waals surface area contributed by atoms with E-state index in [9.17, 15) is 0 Å². The van der Waals surface area contributed by atoms with Gasteiger partial charge in [0, 0.05) is 13.1 Å². The van der Waals surface area contributed by atoms with Crippen molar-refractivity contribution in [2.45, 2.75) is 12.9 Å². The molecule has 0 bridgehead atoms. The highest BCUT2D eigenvalue weighted by molar-refractivity contribution is 6.29. The zero-order chi connectivity index (χ0) is 5.70. The summed E-state index contributed by atoms with van der Waals surface area (Å²) >= 11 is 0. The van der Waals surface area contributed by atoms with Gasteiger partial charge in [0.1, 0.15) is 0 Å². The summed E-state index contributed by atoms with van der Waals surface area (Å²) in [5.41, 5.74) is 0. The van der Waals surface area contributed by atoms with E-state index in [-0.39, 0.29) is 5.94 Å². The monoisotopic (exact) mass is 98.1 g/mol. The van der Waals surface area contributed by atoms with Crippen LogP contribution >= 0.6 is 0 Å². The van der Waals surface area contributed by atoms with Crippen LogP contribution in [0.25, 0.3) is 0 Å². The van der Waals surface area contributed by atoms with E-state index < -0.39 is 0 Å². The van der Waals surface area contributed by atoms with Crippen LogP contribution in [0.5, 0.6) is 0 Å². The van der Waals surface area contributed by atoms with Crippen LogP contribution in [0, 0.1) is 0 Å². The predicted octanol–water partition coefficient (Wildman–Crippen LogP) is 0.299. The molecular weight excluding hydrogens is 88.9 g/mol. The Morgan fingerprint density at radius 1 is 1.86 bits per heavy atom. The Hall–Kier alpha value is -0.305. The highest BCUT2D eigenvalue weighted by Gasteiger charge is 1.96. The van der Waals surface area contributed by atoms with Crippen molar-refractivity contribution in [3.8, 4) is 0 Å². The van der Waals surface area contributed by atoms with Gasteiger partial charge < -0.3 is 9.65 Å². The van der Waals surface area contributed by atoms with Crippen LogP contribution in [0.1, 0.15) is 6.92 Å². The molecule has 0 aromatic rings. The zero-order valence-corrected chi connectivity index (χ0v) is 4.72. The van der Waals surface area contributed by atoms with Gasteiger partial charge in [0.15, 0.2) is 0 Å². The van der Waals surface area contributed by atoms with E-state index >= 15 is 0 Å². The Bertz CT molecular complexity index is 57.7. The summed E-state index contributed by atoms with van der Waals surface area (Å²) in [6, 6.07) is 0. The molecule has 0 aliphatic heterocycles. The van der Waals surface area contributed by atoms with Crippen molar-refractivity contribution in [2.75, 3.05) is 7.11 Å². The molecule has 1 radical (unpaired) electrons. The van der Waals surface area contributed by atoms with Gasteiger partial charge in [-0.15, -0.1) is 0 Å². The lowest BCUT2D eigenvalue weighted by atomic mass is 9.91.